The molecule has 2 aliphatic rings. The van der Waals surface area contributed by atoms with Crippen molar-refractivity contribution in [1.82, 2.24) is 4.98 Å². The standard InChI is InChI=1S/C20H20N.C13H20O2.Ir/c1-4-6-16-7-5-8-20-18(16)9-10-19(21-20)17-12-14(2)11-15(3)13-17;14-12(10-5-1-2-6-10)9-13(15)11-7-3-4-8-11;/h5,7-12H,4,6H2,1-3H3;9-11,14H,1-8H2;/q-1;;/b;12-9-;. The summed E-state index contributed by atoms with van der Waals surface area (Å²) in [5.74, 6) is 0.991. The molecule has 2 aromatic carbocycles. The molecule has 0 bridgehead atoms. The van der Waals surface area contributed by atoms with Crippen LogP contribution in [0.3, 0.4) is 0 Å². The number of carbonyl (C=O) groups excluding carboxylic acids is 1. The van der Waals surface area contributed by atoms with Gasteiger partial charge in [-0.1, -0.05) is 77.1 Å². The molecule has 2 aliphatic carbocycles. The summed E-state index contributed by atoms with van der Waals surface area (Å²) in [6.07, 6.45) is 12.7. The Morgan fingerprint density at radius 1 is 1.00 bits per heavy atom. The van der Waals surface area contributed by atoms with Gasteiger partial charge in [-0.25, -0.2) is 0 Å². The van der Waals surface area contributed by atoms with Gasteiger partial charge >= 0.3 is 0 Å². The maximum absolute atomic E-state index is 11.8. The summed E-state index contributed by atoms with van der Waals surface area (Å²) in [7, 11) is 0. The Kier molecular flexibility index (Phi) is 11.1. The number of aliphatic hydroxyl groups excluding tert-OH is 1. The van der Waals surface area contributed by atoms with Crippen LogP contribution in [-0.4, -0.2) is 15.9 Å². The predicted octanol–water partition coefficient (Wildman–Crippen LogP) is 8.65. The zero-order valence-electron chi connectivity index (χ0n) is 22.5. The SMILES string of the molecule is CCCc1cccc2nc(-c3[c-]c(C)cc(C)c3)ccc12.O=C(/C=C(\O)C1CCCC1)C1CCCC1.[Ir]. The number of ketones is 1. The molecule has 1 N–H and O–H groups in total. The van der Waals surface area contributed by atoms with E-state index in [1.54, 1.807) is 0 Å². The fraction of sp³-hybridized carbons (Fsp3) is 0.455. The van der Waals surface area contributed by atoms with E-state index in [0.717, 1.165) is 60.9 Å². The number of pyridine rings is 1. The third-order valence-electron chi connectivity index (χ3n) is 7.59. The van der Waals surface area contributed by atoms with E-state index < -0.39 is 0 Å². The second kappa shape index (κ2) is 14.0. The first kappa shape index (κ1) is 29.3. The fourth-order valence-electron chi connectivity index (χ4n) is 5.70. The zero-order valence-corrected chi connectivity index (χ0v) is 24.9. The van der Waals surface area contributed by atoms with Gasteiger partial charge in [-0.2, -0.15) is 0 Å². The van der Waals surface area contributed by atoms with Crippen molar-refractivity contribution in [3.63, 3.8) is 0 Å². The van der Waals surface area contributed by atoms with Crippen LogP contribution >= 0.6 is 0 Å². The van der Waals surface area contributed by atoms with Crippen LogP contribution in [0.5, 0.6) is 0 Å². The van der Waals surface area contributed by atoms with Gasteiger partial charge in [0.05, 0.1) is 11.3 Å². The minimum atomic E-state index is 0. The Labute approximate surface area is 236 Å². The maximum atomic E-state index is 11.8. The summed E-state index contributed by atoms with van der Waals surface area (Å²) < 4.78 is 0. The number of fused-ring (bicyclic) bond motifs is 1. The second-order valence-corrected chi connectivity index (χ2v) is 10.6. The molecule has 0 saturated heterocycles. The van der Waals surface area contributed by atoms with Crippen molar-refractivity contribution in [2.45, 2.75) is 85.0 Å². The topological polar surface area (TPSA) is 50.2 Å². The van der Waals surface area contributed by atoms with E-state index in [9.17, 15) is 9.90 Å². The van der Waals surface area contributed by atoms with E-state index in [-0.39, 0.29) is 37.7 Å². The Balaban J connectivity index is 0.000000211. The number of hydrogen-bond acceptors (Lipinski definition) is 3. The van der Waals surface area contributed by atoms with Crippen LogP contribution < -0.4 is 0 Å². The third-order valence-corrected chi connectivity index (χ3v) is 7.59. The van der Waals surface area contributed by atoms with Crippen molar-refractivity contribution < 1.29 is 30.0 Å². The first-order valence-electron chi connectivity index (χ1n) is 13.8. The minimum absolute atomic E-state index is 0. The molecule has 0 atom stereocenters. The molecule has 0 aliphatic heterocycles. The number of aryl methyl sites for hydroxylation is 3. The number of rotatable bonds is 6. The minimum Gasteiger partial charge on any atom is -0.512 e. The molecule has 1 heterocycles. The molecule has 1 radical (unpaired) electrons. The fourth-order valence-corrected chi connectivity index (χ4v) is 5.70. The van der Waals surface area contributed by atoms with Crippen LogP contribution in [0.25, 0.3) is 22.2 Å². The van der Waals surface area contributed by atoms with Gasteiger partial charge in [0, 0.05) is 43.4 Å². The molecule has 0 unspecified atom stereocenters. The molecule has 4 heteroatoms. The molecule has 1 aromatic heterocycles. The van der Waals surface area contributed by atoms with Gasteiger partial charge in [-0.15, -0.1) is 34.9 Å². The number of benzene rings is 2. The van der Waals surface area contributed by atoms with Crippen LogP contribution in [0, 0.1) is 31.7 Å². The van der Waals surface area contributed by atoms with Gasteiger partial charge in [0.2, 0.25) is 0 Å². The number of allylic oxidation sites excluding steroid dienone is 2. The maximum Gasteiger partial charge on any atom is 0.162 e. The van der Waals surface area contributed by atoms with Crippen LogP contribution in [0.1, 0.15) is 81.4 Å². The summed E-state index contributed by atoms with van der Waals surface area (Å²) in [4.78, 5) is 16.6. The largest absolute Gasteiger partial charge is 0.512 e. The van der Waals surface area contributed by atoms with Gasteiger partial charge < -0.3 is 5.11 Å². The van der Waals surface area contributed by atoms with E-state index in [4.69, 9.17) is 4.98 Å². The smallest absolute Gasteiger partial charge is 0.162 e. The van der Waals surface area contributed by atoms with Crippen molar-refractivity contribution in [3.05, 3.63) is 77.1 Å². The molecule has 2 fully saturated rings. The summed E-state index contributed by atoms with van der Waals surface area (Å²) in [6, 6.07) is 18.4. The summed E-state index contributed by atoms with van der Waals surface area (Å²) in [5.41, 5.74) is 6.96. The summed E-state index contributed by atoms with van der Waals surface area (Å²) >= 11 is 0. The Hall–Kier alpha value is -2.29. The second-order valence-electron chi connectivity index (χ2n) is 10.6. The molecular formula is C33H40IrNO2-. The Morgan fingerprint density at radius 2 is 1.68 bits per heavy atom. The first-order chi connectivity index (χ1) is 17.4. The number of carbonyl (C=O) groups is 1. The zero-order chi connectivity index (χ0) is 25.5. The van der Waals surface area contributed by atoms with Crippen LogP contribution in [0.15, 0.2) is 54.3 Å². The molecule has 0 amide bonds. The molecule has 3 nitrogen and oxygen atoms in total. The van der Waals surface area contributed by atoms with Gasteiger partial charge in [0.25, 0.3) is 0 Å². The number of nitrogens with zero attached hydrogens (tertiary/aromatic N) is 1. The van der Waals surface area contributed by atoms with Crippen molar-refractivity contribution in [2.24, 2.45) is 11.8 Å². The number of aliphatic hydroxyl groups is 1. The molecule has 5 rings (SSSR count). The molecule has 37 heavy (non-hydrogen) atoms. The molecular weight excluding hydrogens is 635 g/mol. The van der Waals surface area contributed by atoms with Gasteiger partial charge in [0.15, 0.2) is 5.78 Å². The van der Waals surface area contributed by atoms with Crippen molar-refractivity contribution in [3.8, 4) is 11.3 Å². The molecule has 2 saturated carbocycles. The summed E-state index contributed by atoms with van der Waals surface area (Å²) in [6.45, 7) is 6.41. The Bertz CT molecular complexity index is 1200. The van der Waals surface area contributed by atoms with Crippen molar-refractivity contribution >= 4 is 16.7 Å². The first-order valence-corrected chi connectivity index (χ1v) is 13.8. The van der Waals surface area contributed by atoms with E-state index >= 15 is 0 Å². The third kappa shape index (κ3) is 7.85. The van der Waals surface area contributed by atoms with Crippen molar-refractivity contribution in [1.29, 1.82) is 0 Å². The van der Waals surface area contributed by atoms with Crippen molar-refractivity contribution in [2.75, 3.05) is 0 Å². The normalized spacial score (nSPS) is 16.4. The van der Waals surface area contributed by atoms with Crippen LogP contribution in [-0.2, 0) is 31.3 Å². The number of aromatic nitrogens is 1. The van der Waals surface area contributed by atoms with Crippen LogP contribution in [0.4, 0.5) is 0 Å². The average molecular weight is 675 g/mol. The molecule has 3 aromatic rings. The summed E-state index contributed by atoms with van der Waals surface area (Å²) in [5, 5.41) is 11.1. The van der Waals surface area contributed by atoms with Gasteiger partial charge in [0.1, 0.15) is 0 Å². The van der Waals surface area contributed by atoms with E-state index in [1.165, 1.54) is 48.3 Å². The van der Waals surface area contributed by atoms with E-state index in [0.29, 0.717) is 5.76 Å². The monoisotopic (exact) mass is 675 g/mol. The predicted molar refractivity (Wildman–Crippen MR) is 149 cm³/mol. The van der Waals surface area contributed by atoms with E-state index in [2.05, 4.69) is 69.3 Å². The molecule has 199 valence electrons. The van der Waals surface area contributed by atoms with Gasteiger partial charge in [-0.05, 0) is 49.4 Å². The quantitative estimate of drug-likeness (QED) is 0.162. The van der Waals surface area contributed by atoms with E-state index in [1.807, 2.05) is 0 Å². The van der Waals surface area contributed by atoms with Crippen LogP contribution in [0.2, 0.25) is 0 Å². The number of hydrogen-bond donors (Lipinski definition) is 1. The van der Waals surface area contributed by atoms with Gasteiger partial charge in [-0.3, -0.25) is 9.78 Å². The Morgan fingerprint density at radius 3 is 2.32 bits per heavy atom. The average Bonchev–Trinajstić information content (AvgIpc) is 3.59. The molecule has 0 spiro atoms.